The number of aliphatic carboxylic acids is 1. The number of benzene rings is 1. The van der Waals surface area contributed by atoms with Crippen LogP contribution in [0.2, 0.25) is 0 Å². The van der Waals surface area contributed by atoms with Crippen LogP contribution in [0.3, 0.4) is 0 Å². The molecule has 0 amide bonds. The van der Waals surface area contributed by atoms with Crippen LogP contribution >= 0.6 is 0 Å². The quantitative estimate of drug-likeness (QED) is 0.905. The van der Waals surface area contributed by atoms with Crippen molar-refractivity contribution in [2.45, 2.75) is 32.7 Å². The lowest BCUT2D eigenvalue weighted by atomic mass is 10.0. The monoisotopic (exact) mass is 263 g/mol. The maximum atomic E-state index is 11.0. The van der Waals surface area contributed by atoms with Gasteiger partial charge in [0, 0.05) is 12.2 Å². The summed E-state index contributed by atoms with van der Waals surface area (Å²) in [5.41, 5.74) is 3.67. The predicted octanol–water partition coefficient (Wildman–Crippen LogP) is 2.24. The number of carboxylic acids is 1. The smallest absolute Gasteiger partial charge is 0.305 e. The number of carboxylic acid groups (broad SMARTS) is 1. The van der Waals surface area contributed by atoms with Gasteiger partial charge in [-0.25, -0.2) is 0 Å². The first kappa shape index (κ1) is 13.9. The molecule has 1 N–H and O–H groups in total. The number of hydrogen-bond acceptors (Lipinski definition) is 3. The fourth-order valence-corrected chi connectivity index (χ4v) is 2.74. The largest absolute Gasteiger partial charge is 0.481 e. The molecule has 4 heteroatoms. The summed E-state index contributed by atoms with van der Waals surface area (Å²) in [7, 11) is 0. The van der Waals surface area contributed by atoms with Gasteiger partial charge >= 0.3 is 5.97 Å². The lowest BCUT2D eigenvalue weighted by molar-refractivity contribution is -0.138. The molecule has 0 aromatic heterocycles. The van der Waals surface area contributed by atoms with E-state index in [4.69, 9.17) is 9.84 Å². The topological polar surface area (TPSA) is 49.8 Å². The highest BCUT2D eigenvalue weighted by atomic mass is 16.5. The highest BCUT2D eigenvalue weighted by Gasteiger charge is 2.27. The molecule has 19 heavy (non-hydrogen) atoms. The Kier molecular flexibility index (Phi) is 4.43. The molecule has 1 aliphatic rings. The number of aryl methyl sites for hydroxylation is 2. The molecule has 0 aliphatic carbocycles. The van der Waals surface area contributed by atoms with Crippen LogP contribution in [0.25, 0.3) is 0 Å². The number of anilines is 1. The summed E-state index contributed by atoms with van der Waals surface area (Å²) in [4.78, 5) is 13.2. The van der Waals surface area contributed by atoms with E-state index in [9.17, 15) is 4.79 Å². The molecule has 0 saturated carbocycles. The van der Waals surface area contributed by atoms with E-state index in [0.717, 1.165) is 13.0 Å². The van der Waals surface area contributed by atoms with Crippen molar-refractivity contribution < 1.29 is 14.6 Å². The molecule has 1 aliphatic heterocycles. The minimum atomic E-state index is -0.771. The van der Waals surface area contributed by atoms with Crippen molar-refractivity contribution in [3.05, 3.63) is 29.3 Å². The van der Waals surface area contributed by atoms with E-state index in [1.165, 1.54) is 16.8 Å². The summed E-state index contributed by atoms with van der Waals surface area (Å²) in [5, 5.41) is 9.04. The Morgan fingerprint density at radius 3 is 3.00 bits per heavy atom. The van der Waals surface area contributed by atoms with E-state index in [1.807, 2.05) is 0 Å². The van der Waals surface area contributed by atoms with Crippen molar-refractivity contribution in [3.63, 3.8) is 0 Å². The normalized spacial score (nSPS) is 19.5. The number of rotatable bonds is 4. The first-order valence-corrected chi connectivity index (χ1v) is 6.78. The third-order valence-electron chi connectivity index (χ3n) is 3.63. The van der Waals surface area contributed by atoms with Crippen molar-refractivity contribution in [3.8, 4) is 0 Å². The Balaban J connectivity index is 2.34. The SMILES string of the molecule is CCc1cccc(C)c1N1CCOCC1CC(=O)O. The van der Waals surface area contributed by atoms with Gasteiger partial charge in [-0.1, -0.05) is 25.1 Å². The van der Waals surface area contributed by atoms with E-state index in [0.29, 0.717) is 13.2 Å². The maximum Gasteiger partial charge on any atom is 0.305 e. The Morgan fingerprint density at radius 1 is 1.53 bits per heavy atom. The zero-order valence-corrected chi connectivity index (χ0v) is 11.6. The van der Waals surface area contributed by atoms with Crippen LogP contribution in [-0.2, 0) is 16.0 Å². The van der Waals surface area contributed by atoms with Crippen molar-refractivity contribution >= 4 is 11.7 Å². The third-order valence-corrected chi connectivity index (χ3v) is 3.63. The molecule has 1 unspecified atom stereocenters. The van der Waals surface area contributed by atoms with Crippen molar-refractivity contribution in [2.75, 3.05) is 24.7 Å². The summed E-state index contributed by atoms with van der Waals surface area (Å²) >= 11 is 0. The number of hydrogen-bond donors (Lipinski definition) is 1. The minimum absolute atomic E-state index is 0.0716. The molecule has 1 heterocycles. The number of morpholine rings is 1. The van der Waals surface area contributed by atoms with E-state index < -0.39 is 5.97 Å². The van der Waals surface area contributed by atoms with Gasteiger partial charge in [0.15, 0.2) is 0 Å². The van der Waals surface area contributed by atoms with Crippen LogP contribution in [0.1, 0.15) is 24.5 Å². The Hall–Kier alpha value is -1.55. The molecule has 104 valence electrons. The van der Waals surface area contributed by atoms with Crippen molar-refractivity contribution in [1.82, 2.24) is 0 Å². The van der Waals surface area contributed by atoms with Crippen LogP contribution in [-0.4, -0.2) is 36.9 Å². The van der Waals surface area contributed by atoms with Crippen LogP contribution in [0.15, 0.2) is 18.2 Å². The summed E-state index contributed by atoms with van der Waals surface area (Å²) in [6.45, 7) is 6.12. The van der Waals surface area contributed by atoms with Gasteiger partial charge in [0.05, 0.1) is 25.7 Å². The van der Waals surface area contributed by atoms with Crippen LogP contribution in [0.5, 0.6) is 0 Å². The lowest BCUT2D eigenvalue weighted by Crippen LogP contribution is -2.47. The minimum Gasteiger partial charge on any atom is -0.481 e. The number of nitrogens with zero attached hydrogens (tertiary/aromatic N) is 1. The zero-order chi connectivity index (χ0) is 13.8. The molecular formula is C15H21NO3. The van der Waals surface area contributed by atoms with Crippen LogP contribution in [0.4, 0.5) is 5.69 Å². The maximum absolute atomic E-state index is 11.0. The second-order valence-electron chi connectivity index (χ2n) is 4.96. The molecule has 1 fully saturated rings. The Bertz CT molecular complexity index is 459. The number of carbonyl (C=O) groups is 1. The summed E-state index contributed by atoms with van der Waals surface area (Å²) in [6, 6.07) is 6.19. The molecule has 2 rings (SSSR count). The van der Waals surface area contributed by atoms with Crippen molar-refractivity contribution in [2.24, 2.45) is 0 Å². The highest BCUT2D eigenvalue weighted by molar-refractivity contribution is 5.69. The van der Waals surface area contributed by atoms with Gasteiger partial charge in [0.25, 0.3) is 0 Å². The van der Waals surface area contributed by atoms with E-state index in [1.54, 1.807) is 0 Å². The molecule has 1 aromatic carbocycles. The second-order valence-corrected chi connectivity index (χ2v) is 4.96. The standard InChI is InChI=1S/C15H21NO3/c1-3-12-6-4-5-11(2)15(12)16-7-8-19-10-13(16)9-14(17)18/h4-6,13H,3,7-10H2,1-2H3,(H,17,18). The lowest BCUT2D eigenvalue weighted by Gasteiger charge is -2.38. The van der Waals surface area contributed by atoms with Gasteiger partial charge in [-0.05, 0) is 24.5 Å². The van der Waals surface area contributed by atoms with Crippen LogP contribution < -0.4 is 4.90 Å². The molecular weight excluding hydrogens is 242 g/mol. The molecule has 1 saturated heterocycles. The molecule has 0 spiro atoms. The molecule has 1 atom stereocenters. The van der Waals surface area contributed by atoms with Crippen LogP contribution in [0, 0.1) is 6.92 Å². The second kappa shape index (κ2) is 6.06. The first-order valence-electron chi connectivity index (χ1n) is 6.78. The van der Waals surface area contributed by atoms with Crippen molar-refractivity contribution in [1.29, 1.82) is 0 Å². The molecule has 1 aromatic rings. The molecule has 0 radical (unpaired) electrons. The molecule has 4 nitrogen and oxygen atoms in total. The number of para-hydroxylation sites is 1. The van der Waals surface area contributed by atoms with E-state index in [-0.39, 0.29) is 12.5 Å². The van der Waals surface area contributed by atoms with Gasteiger partial charge in [0.2, 0.25) is 0 Å². The Morgan fingerprint density at radius 2 is 2.32 bits per heavy atom. The van der Waals surface area contributed by atoms with Gasteiger partial charge in [-0.15, -0.1) is 0 Å². The zero-order valence-electron chi connectivity index (χ0n) is 11.6. The van der Waals surface area contributed by atoms with Gasteiger partial charge in [-0.2, -0.15) is 0 Å². The third kappa shape index (κ3) is 3.07. The fourth-order valence-electron chi connectivity index (χ4n) is 2.74. The van der Waals surface area contributed by atoms with E-state index in [2.05, 4.69) is 36.9 Å². The van der Waals surface area contributed by atoms with Gasteiger partial charge in [-0.3, -0.25) is 4.79 Å². The summed E-state index contributed by atoms with van der Waals surface area (Å²) in [5.74, 6) is -0.771. The molecule has 0 bridgehead atoms. The average molecular weight is 263 g/mol. The van der Waals surface area contributed by atoms with E-state index >= 15 is 0 Å². The Labute approximate surface area is 114 Å². The summed E-state index contributed by atoms with van der Waals surface area (Å²) in [6.07, 6.45) is 1.08. The van der Waals surface area contributed by atoms with Gasteiger partial charge in [0.1, 0.15) is 0 Å². The predicted molar refractivity (Wildman–Crippen MR) is 74.8 cm³/mol. The fraction of sp³-hybridized carbons (Fsp3) is 0.533. The van der Waals surface area contributed by atoms with Gasteiger partial charge < -0.3 is 14.7 Å². The summed E-state index contributed by atoms with van der Waals surface area (Å²) < 4.78 is 5.44. The number of ether oxygens (including phenoxy) is 1. The average Bonchev–Trinajstić information content (AvgIpc) is 2.39. The first-order chi connectivity index (χ1) is 9.13. The highest BCUT2D eigenvalue weighted by Crippen LogP contribution is 2.29.